The van der Waals surface area contributed by atoms with Gasteiger partial charge in [0.05, 0.1) is 22.4 Å². The third-order valence-corrected chi connectivity index (χ3v) is 3.18. The molecule has 2 nitrogen and oxygen atoms in total. The third kappa shape index (κ3) is 1.86. The van der Waals surface area contributed by atoms with Crippen molar-refractivity contribution in [1.82, 2.24) is 9.97 Å². The van der Waals surface area contributed by atoms with Gasteiger partial charge < -0.3 is 0 Å². The van der Waals surface area contributed by atoms with Gasteiger partial charge in [-0.2, -0.15) is 0 Å². The zero-order chi connectivity index (χ0) is 12.5. The van der Waals surface area contributed by atoms with E-state index < -0.39 is 0 Å². The smallest absolute Gasteiger partial charge is 0.0896 e. The summed E-state index contributed by atoms with van der Waals surface area (Å²) in [4.78, 5) is 9.15. The highest BCUT2D eigenvalue weighted by Crippen LogP contribution is 2.23. The van der Waals surface area contributed by atoms with Gasteiger partial charge in [-0.25, -0.2) is 9.97 Å². The van der Waals surface area contributed by atoms with Crippen LogP contribution in [0.4, 0.5) is 0 Å². The normalized spacial score (nSPS) is 10.8. The van der Waals surface area contributed by atoms with Crippen LogP contribution in [0.15, 0.2) is 48.5 Å². The Hall–Kier alpha value is -2.22. The molecular formula is C16H14N2. The molecule has 0 saturated carbocycles. The number of aromatic nitrogens is 2. The molecule has 1 heterocycles. The summed E-state index contributed by atoms with van der Waals surface area (Å²) in [6.07, 6.45) is 0. The average molecular weight is 234 g/mol. The Balaban J connectivity index is 2.20. The van der Waals surface area contributed by atoms with E-state index in [-0.39, 0.29) is 0 Å². The molecule has 0 spiro atoms. The molecule has 0 aliphatic carbocycles. The van der Waals surface area contributed by atoms with Crippen LogP contribution in [-0.2, 0) is 0 Å². The molecule has 88 valence electrons. The predicted octanol–water partition coefficient (Wildman–Crippen LogP) is 3.91. The summed E-state index contributed by atoms with van der Waals surface area (Å²) in [6, 6.07) is 16.6. The Morgan fingerprint density at radius 3 is 2.06 bits per heavy atom. The van der Waals surface area contributed by atoms with E-state index in [9.17, 15) is 0 Å². The molecule has 2 heteroatoms. The molecule has 0 aliphatic rings. The lowest BCUT2D eigenvalue weighted by atomic mass is 10.1. The lowest BCUT2D eigenvalue weighted by Gasteiger charge is -2.05. The Kier molecular flexibility index (Phi) is 2.56. The van der Waals surface area contributed by atoms with E-state index >= 15 is 0 Å². The fourth-order valence-electron chi connectivity index (χ4n) is 2.04. The molecule has 0 radical (unpaired) electrons. The van der Waals surface area contributed by atoms with Crippen molar-refractivity contribution in [3.8, 4) is 11.1 Å². The monoisotopic (exact) mass is 234 g/mol. The molecule has 0 saturated heterocycles. The van der Waals surface area contributed by atoms with Crippen LogP contribution in [0.1, 0.15) is 11.4 Å². The number of hydrogen-bond donors (Lipinski definition) is 0. The van der Waals surface area contributed by atoms with Crippen LogP contribution in [0, 0.1) is 13.8 Å². The Bertz CT molecular complexity index is 703. The maximum Gasteiger partial charge on any atom is 0.0896 e. The Morgan fingerprint density at radius 1 is 0.667 bits per heavy atom. The number of rotatable bonds is 1. The Morgan fingerprint density at radius 2 is 1.33 bits per heavy atom. The maximum atomic E-state index is 4.60. The summed E-state index contributed by atoms with van der Waals surface area (Å²) >= 11 is 0. The fraction of sp³-hybridized carbons (Fsp3) is 0.125. The lowest BCUT2D eigenvalue weighted by Crippen LogP contribution is -1.93. The predicted molar refractivity (Wildman–Crippen MR) is 74.4 cm³/mol. The molecule has 0 aliphatic heterocycles. The van der Waals surface area contributed by atoms with Crippen molar-refractivity contribution >= 4 is 11.0 Å². The van der Waals surface area contributed by atoms with Crippen LogP contribution in [0.3, 0.4) is 0 Å². The van der Waals surface area contributed by atoms with E-state index in [0.717, 1.165) is 22.4 Å². The number of fused-ring (bicyclic) bond motifs is 1. The first-order chi connectivity index (χ1) is 8.74. The summed E-state index contributed by atoms with van der Waals surface area (Å²) in [5.41, 5.74) is 6.29. The third-order valence-electron chi connectivity index (χ3n) is 3.18. The van der Waals surface area contributed by atoms with Crippen LogP contribution in [0.5, 0.6) is 0 Å². The molecule has 0 N–H and O–H groups in total. The maximum absolute atomic E-state index is 4.60. The second-order valence-electron chi connectivity index (χ2n) is 4.46. The number of benzene rings is 2. The minimum Gasteiger partial charge on any atom is -0.250 e. The van der Waals surface area contributed by atoms with E-state index in [1.165, 1.54) is 11.1 Å². The van der Waals surface area contributed by atoms with Crippen LogP contribution < -0.4 is 0 Å². The van der Waals surface area contributed by atoms with Gasteiger partial charge >= 0.3 is 0 Å². The highest BCUT2D eigenvalue weighted by atomic mass is 14.8. The molecule has 3 aromatic rings. The van der Waals surface area contributed by atoms with Gasteiger partial charge in [0.15, 0.2) is 0 Å². The summed E-state index contributed by atoms with van der Waals surface area (Å²) in [5.74, 6) is 0. The van der Waals surface area contributed by atoms with E-state index in [1.54, 1.807) is 0 Å². The van der Waals surface area contributed by atoms with Crippen LogP contribution in [0.2, 0.25) is 0 Å². The fourth-order valence-corrected chi connectivity index (χ4v) is 2.04. The number of hydrogen-bond acceptors (Lipinski definition) is 2. The molecule has 0 fully saturated rings. The van der Waals surface area contributed by atoms with Crippen LogP contribution in [-0.4, -0.2) is 9.97 Å². The quantitative estimate of drug-likeness (QED) is 0.638. The highest BCUT2D eigenvalue weighted by molar-refractivity contribution is 5.81. The van der Waals surface area contributed by atoms with Crippen molar-refractivity contribution in [2.75, 3.05) is 0 Å². The molecule has 0 atom stereocenters. The zero-order valence-corrected chi connectivity index (χ0v) is 10.5. The molecule has 0 bridgehead atoms. The van der Waals surface area contributed by atoms with Gasteiger partial charge in [-0.3, -0.25) is 0 Å². The summed E-state index contributed by atoms with van der Waals surface area (Å²) in [7, 11) is 0. The van der Waals surface area contributed by atoms with Crippen molar-refractivity contribution in [3.05, 3.63) is 59.9 Å². The first-order valence-corrected chi connectivity index (χ1v) is 6.04. The molecule has 2 aromatic carbocycles. The first-order valence-electron chi connectivity index (χ1n) is 6.04. The first kappa shape index (κ1) is 10.9. The van der Waals surface area contributed by atoms with E-state index in [1.807, 2.05) is 38.1 Å². The van der Waals surface area contributed by atoms with Gasteiger partial charge in [-0.1, -0.05) is 36.4 Å². The van der Waals surface area contributed by atoms with Gasteiger partial charge in [-0.05, 0) is 37.1 Å². The van der Waals surface area contributed by atoms with Gasteiger partial charge in [0, 0.05) is 0 Å². The van der Waals surface area contributed by atoms with Gasteiger partial charge in [0.1, 0.15) is 0 Å². The van der Waals surface area contributed by atoms with Crippen molar-refractivity contribution < 1.29 is 0 Å². The molecular weight excluding hydrogens is 220 g/mol. The van der Waals surface area contributed by atoms with Gasteiger partial charge in [0.2, 0.25) is 0 Å². The van der Waals surface area contributed by atoms with Gasteiger partial charge in [0.25, 0.3) is 0 Å². The van der Waals surface area contributed by atoms with Crippen molar-refractivity contribution in [2.24, 2.45) is 0 Å². The summed E-state index contributed by atoms with van der Waals surface area (Å²) in [6.45, 7) is 3.99. The topological polar surface area (TPSA) is 25.8 Å². The van der Waals surface area contributed by atoms with E-state index in [2.05, 4.69) is 34.2 Å². The zero-order valence-electron chi connectivity index (χ0n) is 10.5. The van der Waals surface area contributed by atoms with E-state index in [4.69, 9.17) is 0 Å². The minimum absolute atomic E-state index is 0.956. The minimum atomic E-state index is 0.956. The van der Waals surface area contributed by atoms with Crippen molar-refractivity contribution in [2.45, 2.75) is 13.8 Å². The SMILES string of the molecule is Cc1nc2ccc(-c3ccccc3)cc2nc1C. The Labute approximate surface area is 106 Å². The summed E-state index contributed by atoms with van der Waals surface area (Å²) < 4.78 is 0. The van der Waals surface area contributed by atoms with Gasteiger partial charge in [-0.15, -0.1) is 0 Å². The molecule has 0 unspecified atom stereocenters. The number of nitrogens with zero attached hydrogens (tertiary/aromatic N) is 2. The molecule has 0 amide bonds. The standard InChI is InChI=1S/C16H14N2/c1-11-12(2)18-16-10-14(8-9-15(16)17-11)13-6-4-3-5-7-13/h3-10H,1-2H3. The van der Waals surface area contributed by atoms with Crippen LogP contribution in [0.25, 0.3) is 22.2 Å². The van der Waals surface area contributed by atoms with Crippen molar-refractivity contribution in [1.29, 1.82) is 0 Å². The van der Waals surface area contributed by atoms with Crippen molar-refractivity contribution in [3.63, 3.8) is 0 Å². The second kappa shape index (κ2) is 4.22. The number of aryl methyl sites for hydroxylation is 2. The molecule has 1 aromatic heterocycles. The van der Waals surface area contributed by atoms with E-state index in [0.29, 0.717) is 0 Å². The summed E-state index contributed by atoms with van der Waals surface area (Å²) in [5, 5.41) is 0. The largest absolute Gasteiger partial charge is 0.250 e. The molecule has 18 heavy (non-hydrogen) atoms. The lowest BCUT2D eigenvalue weighted by molar-refractivity contribution is 1.10. The second-order valence-corrected chi connectivity index (χ2v) is 4.46. The average Bonchev–Trinajstić information content (AvgIpc) is 2.41. The molecule has 3 rings (SSSR count). The highest BCUT2D eigenvalue weighted by Gasteiger charge is 2.03. The van der Waals surface area contributed by atoms with Crippen LogP contribution >= 0.6 is 0 Å².